The van der Waals surface area contributed by atoms with Crippen molar-refractivity contribution < 1.29 is 4.39 Å². The third kappa shape index (κ3) is 1.84. The highest BCUT2D eigenvalue weighted by molar-refractivity contribution is 5.33. The molecule has 1 aromatic carbocycles. The standard InChI is InChI=1S/C12H14FN3/c1-8-3-4-9(13)7-10(8)11(14)12-15-5-6-16(12)2/h3-7,11H,14H2,1-2H3. The van der Waals surface area contributed by atoms with Crippen molar-refractivity contribution in [1.29, 1.82) is 0 Å². The molecule has 0 spiro atoms. The van der Waals surface area contributed by atoms with Gasteiger partial charge in [0.15, 0.2) is 0 Å². The zero-order valence-corrected chi connectivity index (χ0v) is 9.31. The molecule has 4 heteroatoms. The molecule has 0 radical (unpaired) electrons. The lowest BCUT2D eigenvalue weighted by atomic mass is 10.0. The Bertz CT molecular complexity index is 505. The lowest BCUT2D eigenvalue weighted by molar-refractivity contribution is 0.619. The smallest absolute Gasteiger partial charge is 0.129 e. The van der Waals surface area contributed by atoms with E-state index in [1.807, 2.05) is 24.7 Å². The molecule has 0 aliphatic rings. The topological polar surface area (TPSA) is 43.8 Å². The van der Waals surface area contributed by atoms with Crippen LogP contribution in [-0.4, -0.2) is 9.55 Å². The molecule has 2 rings (SSSR count). The van der Waals surface area contributed by atoms with Gasteiger partial charge in [-0.2, -0.15) is 0 Å². The van der Waals surface area contributed by atoms with Crippen LogP contribution in [0.2, 0.25) is 0 Å². The quantitative estimate of drug-likeness (QED) is 0.838. The van der Waals surface area contributed by atoms with Gasteiger partial charge in [-0.25, -0.2) is 9.37 Å². The van der Waals surface area contributed by atoms with Gasteiger partial charge in [-0.05, 0) is 30.2 Å². The van der Waals surface area contributed by atoms with Gasteiger partial charge in [0.05, 0.1) is 6.04 Å². The molecule has 0 bridgehead atoms. The Balaban J connectivity index is 2.45. The Morgan fingerprint density at radius 3 is 2.81 bits per heavy atom. The monoisotopic (exact) mass is 219 g/mol. The number of benzene rings is 1. The number of hydrogen-bond donors (Lipinski definition) is 1. The molecule has 84 valence electrons. The van der Waals surface area contributed by atoms with Gasteiger partial charge in [0.2, 0.25) is 0 Å². The lowest BCUT2D eigenvalue weighted by Crippen LogP contribution is -2.17. The molecule has 0 aliphatic heterocycles. The molecule has 3 nitrogen and oxygen atoms in total. The van der Waals surface area contributed by atoms with Gasteiger partial charge >= 0.3 is 0 Å². The van der Waals surface area contributed by atoms with Crippen LogP contribution in [0.4, 0.5) is 4.39 Å². The van der Waals surface area contributed by atoms with Crippen molar-refractivity contribution in [2.75, 3.05) is 0 Å². The zero-order valence-electron chi connectivity index (χ0n) is 9.31. The van der Waals surface area contributed by atoms with Crippen LogP contribution in [0.5, 0.6) is 0 Å². The molecule has 0 aliphatic carbocycles. The second kappa shape index (κ2) is 4.06. The second-order valence-electron chi connectivity index (χ2n) is 3.87. The summed E-state index contributed by atoms with van der Waals surface area (Å²) in [5.41, 5.74) is 7.82. The lowest BCUT2D eigenvalue weighted by Gasteiger charge is -2.14. The van der Waals surface area contributed by atoms with Gasteiger partial charge in [-0.1, -0.05) is 6.07 Å². The molecule has 0 fully saturated rings. The number of aryl methyl sites for hydroxylation is 2. The van der Waals surface area contributed by atoms with Crippen molar-refractivity contribution in [2.45, 2.75) is 13.0 Å². The summed E-state index contributed by atoms with van der Waals surface area (Å²) >= 11 is 0. The number of halogens is 1. The Kier molecular flexibility index (Phi) is 2.75. The first-order valence-corrected chi connectivity index (χ1v) is 5.08. The molecule has 0 amide bonds. The Morgan fingerprint density at radius 2 is 2.19 bits per heavy atom. The van der Waals surface area contributed by atoms with Crippen LogP contribution in [0.25, 0.3) is 0 Å². The van der Waals surface area contributed by atoms with E-state index in [0.717, 1.165) is 17.0 Å². The van der Waals surface area contributed by atoms with Crippen LogP contribution in [0.3, 0.4) is 0 Å². The maximum absolute atomic E-state index is 13.2. The molecular weight excluding hydrogens is 205 g/mol. The fraction of sp³-hybridized carbons (Fsp3) is 0.250. The summed E-state index contributed by atoms with van der Waals surface area (Å²) in [4.78, 5) is 4.18. The zero-order chi connectivity index (χ0) is 11.7. The van der Waals surface area contributed by atoms with Gasteiger partial charge < -0.3 is 10.3 Å². The maximum atomic E-state index is 13.2. The first-order valence-electron chi connectivity index (χ1n) is 5.08. The maximum Gasteiger partial charge on any atom is 0.129 e. The molecule has 0 saturated heterocycles. The molecular formula is C12H14FN3. The van der Waals surface area contributed by atoms with Crippen LogP contribution in [0, 0.1) is 12.7 Å². The van der Waals surface area contributed by atoms with Crippen LogP contribution in [0.15, 0.2) is 30.6 Å². The fourth-order valence-corrected chi connectivity index (χ4v) is 1.76. The van der Waals surface area contributed by atoms with Crippen molar-refractivity contribution in [3.63, 3.8) is 0 Å². The van der Waals surface area contributed by atoms with Crippen molar-refractivity contribution in [3.05, 3.63) is 53.4 Å². The highest BCUT2D eigenvalue weighted by atomic mass is 19.1. The highest BCUT2D eigenvalue weighted by Crippen LogP contribution is 2.21. The summed E-state index contributed by atoms with van der Waals surface area (Å²) in [5, 5.41) is 0. The highest BCUT2D eigenvalue weighted by Gasteiger charge is 2.15. The van der Waals surface area contributed by atoms with E-state index in [0.29, 0.717) is 0 Å². The van der Waals surface area contributed by atoms with E-state index in [-0.39, 0.29) is 5.82 Å². The van der Waals surface area contributed by atoms with Crippen molar-refractivity contribution in [1.82, 2.24) is 9.55 Å². The van der Waals surface area contributed by atoms with Crippen LogP contribution in [-0.2, 0) is 7.05 Å². The van der Waals surface area contributed by atoms with Gasteiger partial charge in [-0.3, -0.25) is 0 Å². The van der Waals surface area contributed by atoms with Gasteiger partial charge in [0, 0.05) is 19.4 Å². The minimum atomic E-state index is -0.393. The average Bonchev–Trinajstić information content (AvgIpc) is 2.67. The molecule has 16 heavy (non-hydrogen) atoms. The molecule has 1 heterocycles. The Labute approximate surface area is 93.7 Å². The van der Waals surface area contributed by atoms with Gasteiger partial charge in [0.25, 0.3) is 0 Å². The van der Waals surface area contributed by atoms with E-state index in [9.17, 15) is 4.39 Å². The summed E-state index contributed by atoms with van der Waals surface area (Å²) in [7, 11) is 1.87. The second-order valence-corrected chi connectivity index (χ2v) is 3.87. The Morgan fingerprint density at radius 1 is 1.44 bits per heavy atom. The minimum absolute atomic E-state index is 0.273. The van der Waals surface area contributed by atoms with E-state index in [1.165, 1.54) is 12.1 Å². The molecule has 0 saturated carbocycles. The molecule has 2 N–H and O–H groups in total. The van der Waals surface area contributed by atoms with Crippen LogP contribution in [0.1, 0.15) is 23.0 Å². The Hall–Kier alpha value is -1.68. The van der Waals surface area contributed by atoms with Crippen LogP contribution < -0.4 is 5.73 Å². The fourth-order valence-electron chi connectivity index (χ4n) is 1.76. The van der Waals surface area contributed by atoms with Crippen molar-refractivity contribution in [2.24, 2.45) is 12.8 Å². The average molecular weight is 219 g/mol. The molecule has 1 unspecified atom stereocenters. The predicted molar refractivity (Wildman–Crippen MR) is 60.4 cm³/mol. The number of rotatable bonds is 2. The molecule has 1 atom stereocenters. The van der Waals surface area contributed by atoms with Crippen molar-refractivity contribution >= 4 is 0 Å². The van der Waals surface area contributed by atoms with E-state index in [4.69, 9.17) is 5.73 Å². The summed E-state index contributed by atoms with van der Waals surface area (Å²) in [6, 6.07) is 4.24. The molecule has 2 aromatic rings. The summed E-state index contributed by atoms with van der Waals surface area (Å²) < 4.78 is 15.0. The van der Waals surface area contributed by atoms with E-state index in [2.05, 4.69) is 4.98 Å². The molecule has 1 aromatic heterocycles. The number of hydrogen-bond acceptors (Lipinski definition) is 2. The number of nitrogens with two attached hydrogens (primary N) is 1. The third-order valence-corrected chi connectivity index (χ3v) is 2.71. The van der Waals surface area contributed by atoms with Crippen LogP contribution >= 0.6 is 0 Å². The number of imidazole rings is 1. The van der Waals surface area contributed by atoms with E-state index in [1.54, 1.807) is 12.3 Å². The number of nitrogens with zero attached hydrogens (tertiary/aromatic N) is 2. The SMILES string of the molecule is Cc1ccc(F)cc1C(N)c1nccn1C. The van der Waals surface area contributed by atoms with Gasteiger partial charge in [0.1, 0.15) is 11.6 Å². The predicted octanol–water partition coefficient (Wildman–Crippen LogP) is 1.92. The third-order valence-electron chi connectivity index (χ3n) is 2.71. The first-order chi connectivity index (χ1) is 7.59. The summed E-state index contributed by atoms with van der Waals surface area (Å²) in [5.74, 6) is 0.457. The van der Waals surface area contributed by atoms with E-state index >= 15 is 0 Å². The van der Waals surface area contributed by atoms with E-state index < -0.39 is 6.04 Å². The summed E-state index contributed by atoms with van der Waals surface area (Å²) in [6.45, 7) is 1.91. The van der Waals surface area contributed by atoms with Gasteiger partial charge in [-0.15, -0.1) is 0 Å². The largest absolute Gasteiger partial charge is 0.336 e. The first kappa shape index (κ1) is 10.8. The van der Waals surface area contributed by atoms with Crippen molar-refractivity contribution in [3.8, 4) is 0 Å². The normalized spacial score (nSPS) is 12.8. The minimum Gasteiger partial charge on any atom is -0.336 e. The summed E-state index contributed by atoms with van der Waals surface area (Å²) in [6.07, 6.45) is 3.51. The number of aromatic nitrogens is 2.